The monoisotopic (exact) mass is 326 g/mol. The van der Waals surface area contributed by atoms with Crippen LogP contribution in [0.15, 0.2) is 46.4 Å². The molecule has 1 aliphatic rings. The van der Waals surface area contributed by atoms with Crippen LogP contribution in [0, 0.1) is 6.92 Å². The molecule has 24 heavy (non-hydrogen) atoms. The third kappa shape index (κ3) is 2.79. The summed E-state index contributed by atoms with van der Waals surface area (Å²) in [6, 6.07) is 8.96. The van der Waals surface area contributed by atoms with E-state index in [1.807, 2.05) is 0 Å². The predicted octanol–water partition coefficient (Wildman–Crippen LogP) is 2.26. The van der Waals surface area contributed by atoms with Gasteiger partial charge in [-0.2, -0.15) is 0 Å². The van der Waals surface area contributed by atoms with Crippen molar-refractivity contribution >= 4 is 29.6 Å². The highest BCUT2D eigenvalue weighted by Crippen LogP contribution is 2.25. The van der Waals surface area contributed by atoms with Crippen molar-refractivity contribution < 1.29 is 23.5 Å². The molecular formula is C17H14N2O5. The summed E-state index contributed by atoms with van der Waals surface area (Å²) in [5, 5.41) is 2.15. The van der Waals surface area contributed by atoms with Crippen LogP contribution in [0.4, 0.5) is 10.5 Å². The molecule has 1 saturated heterocycles. The highest BCUT2D eigenvalue weighted by Gasteiger charge is 2.37. The standard InChI is InChI=1S/C17H14N2O5/c1-10-6-7-13(24-10)9-14-15(20)18-17(22)19(16(14)21)11-4-3-5-12(8-11)23-2/h3-9H,1-2H3,(H,18,20,22)/b14-9-. The van der Waals surface area contributed by atoms with Gasteiger partial charge in [0, 0.05) is 6.07 Å². The Balaban J connectivity index is 2.01. The predicted molar refractivity (Wildman–Crippen MR) is 85.4 cm³/mol. The molecule has 7 heteroatoms. The van der Waals surface area contributed by atoms with Crippen LogP contribution < -0.4 is 15.0 Å². The Kier molecular flexibility index (Phi) is 3.91. The smallest absolute Gasteiger partial charge is 0.335 e. The highest BCUT2D eigenvalue weighted by molar-refractivity contribution is 6.39. The lowest BCUT2D eigenvalue weighted by molar-refractivity contribution is -0.122. The molecule has 122 valence electrons. The Morgan fingerprint density at radius 1 is 1.17 bits per heavy atom. The molecule has 1 aliphatic heterocycles. The van der Waals surface area contributed by atoms with Crippen molar-refractivity contribution in [2.24, 2.45) is 0 Å². The summed E-state index contributed by atoms with van der Waals surface area (Å²) in [5.74, 6) is -0.0152. The number of carbonyl (C=O) groups is 3. The number of furan rings is 1. The molecule has 7 nitrogen and oxygen atoms in total. The second-order valence-corrected chi connectivity index (χ2v) is 5.11. The lowest BCUT2D eigenvalue weighted by atomic mass is 10.1. The number of methoxy groups -OCH3 is 1. The Hall–Kier alpha value is -3.35. The number of hydrogen-bond acceptors (Lipinski definition) is 5. The van der Waals surface area contributed by atoms with E-state index in [-0.39, 0.29) is 5.57 Å². The maximum atomic E-state index is 12.7. The first-order valence-electron chi connectivity index (χ1n) is 7.11. The molecule has 1 aromatic carbocycles. The minimum absolute atomic E-state index is 0.188. The van der Waals surface area contributed by atoms with Crippen LogP contribution in [-0.2, 0) is 9.59 Å². The summed E-state index contributed by atoms with van der Waals surface area (Å²) in [6.45, 7) is 1.75. The highest BCUT2D eigenvalue weighted by atomic mass is 16.5. The zero-order valence-electron chi connectivity index (χ0n) is 13.0. The summed E-state index contributed by atoms with van der Waals surface area (Å²) < 4.78 is 10.5. The quantitative estimate of drug-likeness (QED) is 0.690. The third-order valence-electron chi connectivity index (χ3n) is 3.46. The number of hydrogen-bond donors (Lipinski definition) is 1. The van der Waals surface area contributed by atoms with E-state index in [0.717, 1.165) is 4.90 Å². The summed E-state index contributed by atoms with van der Waals surface area (Å²) in [6.07, 6.45) is 1.31. The average molecular weight is 326 g/mol. The topological polar surface area (TPSA) is 88.8 Å². The first-order chi connectivity index (χ1) is 11.5. The van der Waals surface area contributed by atoms with Gasteiger partial charge in [0.25, 0.3) is 11.8 Å². The van der Waals surface area contributed by atoms with Crippen LogP contribution in [0.1, 0.15) is 11.5 Å². The summed E-state index contributed by atoms with van der Waals surface area (Å²) >= 11 is 0. The number of imide groups is 2. The van der Waals surface area contributed by atoms with E-state index in [0.29, 0.717) is 23.0 Å². The molecule has 1 aromatic heterocycles. The average Bonchev–Trinajstić information content (AvgIpc) is 2.96. The molecule has 1 N–H and O–H groups in total. The normalized spacial score (nSPS) is 16.5. The second kappa shape index (κ2) is 6.04. The Bertz CT molecular complexity index is 865. The van der Waals surface area contributed by atoms with Crippen LogP contribution in [0.2, 0.25) is 0 Å². The van der Waals surface area contributed by atoms with E-state index >= 15 is 0 Å². The fourth-order valence-corrected chi connectivity index (χ4v) is 2.31. The van der Waals surface area contributed by atoms with E-state index in [9.17, 15) is 14.4 Å². The zero-order chi connectivity index (χ0) is 17.3. The fraction of sp³-hybridized carbons (Fsp3) is 0.118. The van der Waals surface area contributed by atoms with Gasteiger partial charge in [0.15, 0.2) is 0 Å². The van der Waals surface area contributed by atoms with Crippen LogP contribution in [0.5, 0.6) is 5.75 Å². The SMILES string of the molecule is COc1cccc(N2C(=O)NC(=O)/C(=C/c3ccc(C)o3)C2=O)c1. The van der Waals surface area contributed by atoms with Gasteiger partial charge in [-0.15, -0.1) is 0 Å². The van der Waals surface area contributed by atoms with E-state index in [1.165, 1.54) is 19.3 Å². The van der Waals surface area contributed by atoms with Gasteiger partial charge in [0.05, 0.1) is 12.8 Å². The van der Waals surface area contributed by atoms with Gasteiger partial charge in [-0.3, -0.25) is 14.9 Å². The molecule has 4 amide bonds. The molecule has 0 unspecified atom stereocenters. The van der Waals surface area contributed by atoms with Crippen molar-refractivity contribution in [2.45, 2.75) is 6.92 Å². The van der Waals surface area contributed by atoms with Crippen molar-refractivity contribution in [2.75, 3.05) is 12.0 Å². The number of aryl methyl sites for hydroxylation is 1. The number of anilines is 1. The van der Waals surface area contributed by atoms with Gasteiger partial charge in [0.2, 0.25) is 0 Å². The number of nitrogens with zero attached hydrogens (tertiary/aromatic N) is 1. The maximum absolute atomic E-state index is 12.7. The second-order valence-electron chi connectivity index (χ2n) is 5.11. The summed E-state index contributed by atoms with van der Waals surface area (Å²) in [4.78, 5) is 37.6. The van der Waals surface area contributed by atoms with Crippen LogP contribution in [0.25, 0.3) is 6.08 Å². The van der Waals surface area contributed by atoms with E-state index in [1.54, 1.807) is 37.3 Å². The summed E-state index contributed by atoms with van der Waals surface area (Å²) in [7, 11) is 1.48. The number of carbonyl (C=O) groups excluding carboxylic acids is 3. The molecule has 0 saturated carbocycles. The van der Waals surface area contributed by atoms with Gasteiger partial charge in [-0.25, -0.2) is 9.69 Å². The molecule has 2 heterocycles. The number of ether oxygens (including phenoxy) is 1. The van der Waals surface area contributed by atoms with Crippen molar-refractivity contribution in [1.82, 2.24) is 5.32 Å². The largest absolute Gasteiger partial charge is 0.497 e. The molecule has 2 aromatic rings. The van der Waals surface area contributed by atoms with Gasteiger partial charge in [-0.1, -0.05) is 6.07 Å². The number of rotatable bonds is 3. The minimum atomic E-state index is -0.814. The van der Waals surface area contributed by atoms with Gasteiger partial charge >= 0.3 is 6.03 Å². The number of urea groups is 1. The molecule has 0 aliphatic carbocycles. The Morgan fingerprint density at radius 3 is 2.62 bits per heavy atom. The number of barbiturate groups is 1. The minimum Gasteiger partial charge on any atom is -0.497 e. The van der Waals surface area contributed by atoms with Crippen molar-refractivity contribution in [3.63, 3.8) is 0 Å². The van der Waals surface area contributed by atoms with Crippen LogP contribution in [-0.4, -0.2) is 25.0 Å². The maximum Gasteiger partial charge on any atom is 0.335 e. The molecule has 0 spiro atoms. The lowest BCUT2D eigenvalue weighted by Crippen LogP contribution is -2.54. The molecule has 0 bridgehead atoms. The first-order valence-corrected chi connectivity index (χ1v) is 7.11. The molecular weight excluding hydrogens is 312 g/mol. The Morgan fingerprint density at radius 2 is 1.96 bits per heavy atom. The van der Waals surface area contributed by atoms with Gasteiger partial charge in [-0.05, 0) is 37.3 Å². The van der Waals surface area contributed by atoms with Gasteiger partial charge in [0.1, 0.15) is 22.8 Å². The third-order valence-corrected chi connectivity index (χ3v) is 3.46. The molecule has 0 radical (unpaired) electrons. The zero-order valence-corrected chi connectivity index (χ0v) is 13.0. The van der Waals surface area contributed by atoms with E-state index in [2.05, 4.69) is 5.32 Å². The number of benzene rings is 1. The Labute approximate surface area is 137 Å². The van der Waals surface area contributed by atoms with E-state index < -0.39 is 17.8 Å². The molecule has 3 rings (SSSR count). The van der Waals surface area contributed by atoms with Crippen LogP contribution >= 0.6 is 0 Å². The first kappa shape index (κ1) is 15.5. The molecule has 0 atom stereocenters. The van der Waals surface area contributed by atoms with Crippen molar-refractivity contribution in [1.29, 1.82) is 0 Å². The fourth-order valence-electron chi connectivity index (χ4n) is 2.31. The van der Waals surface area contributed by atoms with Crippen molar-refractivity contribution in [3.05, 3.63) is 53.5 Å². The van der Waals surface area contributed by atoms with Crippen molar-refractivity contribution in [3.8, 4) is 5.75 Å². The number of nitrogens with one attached hydrogen (secondary N) is 1. The number of amides is 4. The lowest BCUT2D eigenvalue weighted by Gasteiger charge is -2.26. The van der Waals surface area contributed by atoms with E-state index in [4.69, 9.17) is 9.15 Å². The summed E-state index contributed by atoms with van der Waals surface area (Å²) in [5.41, 5.74) is 0.109. The van der Waals surface area contributed by atoms with Gasteiger partial charge < -0.3 is 9.15 Å². The molecule has 1 fully saturated rings. The van der Waals surface area contributed by atoms with Crippen LogP contribution in [0.3, 0.4) is 0 Å².